The fourth-order valence-electron chi connectivity index (χ4n) is 5.49. The van der Waals surface area contributed by atoms with Crippen LogP contribution in [0.25, 0.3) is 0 Å². The number of hydrogen-bond donors (Lipinski definition) is 0. The van der Waals surface area contributed by atoms with Gasteiger partial charge >= 0.3 is 0 Å². The molecule has 27 heavy (non-hydrogen) atoms. The Hall–Kier alpha value is -0.710. The number of nitrogens with zero attached hydrogens (tertiary/aromatic N) is 1. The van der Waals surface area contributed by atoms with E-state index in [2.05, 4.69) is 13.0 Å². The fourth-order valence-corrected chi connectivity index (χ4v) is 6.08. The van der Waals surface area contributed by atoms with Crippen molar-refractivity contribution in [2.45, 2.75) is 89.9 Å². The van der Waals surface area contributed by atoms with Gasteiger partial charge in [0.25, 0.3) is 0 Å². The van der Waals surface area contributed by atoms with Crippen LogP contribution in [0.2, 0.25) is 10.0 Å². The molecule has 0 saturated heterocycles. The average molecular weight is 406 g/mol. The third-order valence-corrected chi connectivity index (χ3v) is 7.79. The zero-order valence-corrected chi connectivity index (χ0v) is 18.2. The summed E-state index contributed by atoms with van der Waals surface area (Å²) in [6.07, 6.45) is 16.7. The lowest BCUT2D eigenvalue weighted by atomic mass is 9.68. The van der Waals surface area contributed by atoms with Gasteiger partial charge in [0.05, 0.1) is 15.6 Å². The van der Waals surface area contributed by atoms with E-state index in [4.69, 9.17) is 28.5 Å². The van der Waals surface area contributed by atoms with Crippen molar-refractivity contribution in [3.05, 3.63) is 33.3 Å². The highest BCUT2D eigenvalue weighted by atomic mass is 35.5. The molecule has 0 spiro atoms. The lowest BCUT2D eigenvalue weighted by molar-refractivity contribution is 0.155. The normalized spacial score (nSPS) is 28.7. The molecular weight excluding hydrogens is 373 g/mol. The molecule has 0 radical (unpaired) electrons. The lowest BCUT2D eigenvalue weighted by Crippen LogP contribution is -2.25. The van der Waals surface area contributed by atoms with E-state index in [-0.39, 0.29) is 0 Å². The van der Waals surface area contributed by atoms with E-state index in [1.165, 1.54) is 82.6 Å². The van der Waals surface area contributed by atoms with Crippen LogP contribution >= 0.6 is 23.2 Å². The molecule has 2 aliphatic rings. The van der Waals surface area contributed by atoms with Crippen molar-refractivity contribution in [2.75, 3.05) is 0 Å². The molecule has 3 rings (SSSR count). The Morgan fingerprint density at radius 2 is 1.44 bits per heavy atom. The number of halogens is 2. The first-order chi connectivity index (χ1) is 13.1. The smallest absolute Gasteiger partial charge is 0.102 e. The summed E-state index contributed by atoms with van der Waals surface area (Å²) in [6.45, 7) is 2.30. The molecule has 1 aromatic rings. The second-order valence-electron chi connectivity index (χ2n) is 8.86. The summed E-state index contributed by atoms with van der Waals surface area (Å²) in [6, 6.07) is 6.04. The van der Waals surface area contributed by atoms with Crippen LogP contribution in [-0.4, -0.2) is 0 Å². The number of benzene rings is 1. The molecule has 148 valence electrons. The summed E-state index contributed by atoms with van der Waals surface area (Å²) >= 11 is 12.5. The lowest BCUT2D eigenvalue weighted by Gasteiger charge is -2.38. The van der Waals surface area contributed by atoms with Crippen LogP contribution in [0.1, 0.15) is 101 Å². The summed E-state index contributed by atoms with van der Waals surface area (Å²) in [5.74, 6) is 3.44. The first-order valence-corrected chi connectivity index (χ1v) is 11.8. The molecular formula is C24H33Cl2N. The van der Waals surface area contributed by atoms with Gasteiger partial charge in [0.1, 0.15) is 6.07 Å². The van der Waals surface area contributed by atoms with Crippen molar-refractivity contribution >= 4 is 23.2 Å². The standard InChI is InChI=1S/C24H33Cl2N/c1-2-3-4-5-17-6-8-18(9-7-17)19-10-12-20(13-11-19)21-14-23(25)22(16-27)24(26)15-21/h14-15,17-20H,2-13H2,1H3/t17-,18-,19-,20-. The Labute approximate surface area is 175 Å². The molecule has 0 unspecified atom stereocenters. The van der Waals surface area contributed by atoms with Gasteiger partial charge in [-0.3, -0.25) is 0 Å². The summed E-state index contributed by atoms with van der Waals surface area (Å²) in [4.78, 5) is 0. The zero-order chi connectivity index (χ0) is 19.2. The van der Waals surface area contributed by atoms with E-state index in [9.17, 15) is 0 Å². The first-order valence-electron chi connectivity index (χ1n) is 11.0. The largest absolute Gasteiger partial charge is 0.192 e. The molecule has 0 bridgehead atoms. The topological polar surface area (TPSA) is 23.8 Å². The molecule has 2 aliphatic carbocycles. The molecule has 0 aromatic heterocycles. The third-order valence-electron chi connectivity index (χ3n) is 7.19. The zero-order valence-electron chi connectivity index (χ0n) is 16.7. The van der Waals surface area contributed by atoms with E-state index in [0.717, 1.165) is 17.8 Å². The van der Waals surface area contributed by atoms with Crippen molar-refractivity contribution in [1.82, 2.24) is 0 Å². The summed E-state index contributed by atoms with van der Waals surface area (Å²) in [7, 11) is 0. The van der Waals surface area contributed by atoms with Crippen molar-refractivity contribution in [1.29, 1.82) is 5.26 Å². The maximum Gasteiger partial charge on any atom is 0.102 e. The van der Waals surface area contributed by atoms with Crippen molar-refractivity contribution in [3.63, 3.8) is 0 Å². The summed E-state index contributed by atoms with van der Waals surface area (Å²) < 4.78 is 0. The van der Waals surface area contributed by atoms with Gasteiger partial charge < -0.3 is 0 Å². The van der Waals surface area contributed by atoms with Crippen LogP contribution < -0.4 is 0 Å². The van der Waals surface area contributed by atoms with E-state index in [0.29, 0.717) is 21.5 Å². The van der Waals surface area contributed by atoms with Crippen molar-refractivity contribution in [3.8, 4) is 6.07 Å². The number of rotatable bonds is 6. The van der Waals surface area contributed by atoms with Gasteiger partial charge in [-0.15, -0.1) is 0 Å². The Morgan fingerprint density at radius 1 is 0.889 bits per heavy atom. The maximum absolute atomic E-state index is 9.14. The van der Waals surface area contributed by atoms with Gasteiger partial charge in [-0.1, -0.05) is 68.7 Å². The van der Waals surface area contributed by atoms with Crippen LogP contribution in [0.3, 0.4) is 0 Å². The second kappa shape index (κ2) is 10.2. The molecule has 3 heteroatoms. The predicted molar refractivity (Wildman–Crippen MR) is 115 cm³/mol. The van der Waals surface area contributed by atoms with Crippen LogP contribution in [0.15, 0.2) is 12.1 Å². The minimum absolute atomic E-state index is 0.409. The highest BCUT2D eigenvalue weighted by molar-refractivity contribution is 6.36. The summed E-state index contributed by atoms with van der Waals surface area (Å²) in [5.41, 5.74) is 1.63. The molecule has 0 aliphatic heterocycles. The van der Waals surface area contributed by atoms with Crippen LogP contribution in [0.5, 0.6) is 0 Å². The van der Waals surface area contributed by atoms with Crippen LogP contribution in [0.4, 0.5) is 0 Å². The Balaban J connectivity index is 1.48. The molecule has 2 fully saturated rings. The Morgan fingerprint density at radius 3 is 1.96 bits per heavy atom. The van der Waals surface area contributed by atoms with E-state index < -0.39 is 0 Å². The molecule has 0 N–H and O–H groups in total. The predicted octanol–water partition coefficient (Wildman–Crippen LogP) is 8.53. The highest BCUT2D eigenvalue weighted by Gasteiger charge is 2.31. The molecule has 1 aromatic carbocycles. The van der Waals surface area contributed by atoms with E-state index in [1.807, 2.05) is 12.1 Å². The van der Waals surface area contributed by atoms with Gasteiger partial charge in [-0.25, -0.2) is 0 Å². The highest BCUT2D eigenvalue weighted by Crippen LogP contribution is 2.45. The second-order valence-corrected chi connectivity index (χ2v) is 9.67. The minimum Gasteiger partial charge on any atom is -0.192 e. The number of nitriles is 1. The Kier molecular flexibility index (Phi) is 7.92. The van der Waals surface area contributed by atoms with E-state index >= 15 is 0 Å². The summed E-state index contributed by atoms with van der Waals surface area (Å²) in [5, 5.41) is 10.1. The molecule has 0 atom stereocenters. The van der Waals surface area contributed by atoms with Crippen LogP contribution in [0, 0.1) is 29.1 Å². The molecule has 2 saturated carbocycles. The van der Waals surface area contributed by atoms with Gasteiger partial charge in [0.15, 0.2) is 0 Å². The average Bonchev–Trinajstić information content (AvgIpc) is 2.69. The minimum atomic E-state index is 0.409. The van der Waals surface area contributed by atoms with Gasteiger partial charge in [-0.2, -0.15) is 5.26 Å². The monoisotopic (exact) mass is 405 g/mol. The van der Waals surface area contributed by atoms with Gasteiger partial charge in [0, 0.05) is 0 Å². The Bertz CT molecular complexity index is 624. The molecule has 0 heterocycles. The van der Waals surface area contributed by atoms with E-state index in [1.54, 1.807) is 0 Å². The van der Waals surface area contributed by atoms with Gasteiger partial charge in [-0.05, 0) is 79.9 Å². The van der Waals surface area contributed by atoms with Crippen molar-refractivity contribution in [2.24, 2.45) is 17.8 Å². The van der Waals surface area contributed by atoms with Crippen LogP contribution in [-0.2, 0) is 0 Å². The molecule has 1 nitrogen and oxygen atoms in total. The SMILES string of the molecule is CCCCC[C@H]1CC[C@H]([C@H]2CC[C@H](c3cc(Cl)c(C#N)c(Cl)c3)CC2)CC1. The number of unbranched alkanes of at least 4 members (excludes halogenated alkanes) is 2. The third kappa shape index (κ3) is 5.42. The van der Waals surface area contributed by atoms with Crippen molar-refractivity contribution < 1.29 is 0 Å². The number of hydrogen-bond acceptors (Lipinski definition) is 1. The molecule has 0 amide bonds. The fraction of sp³-hybridized carbons (Fsp3) is 0.708. The maximum atomic E-state index is 9.14. The quantitative estimate of drug-likeness (QED) is 0.434. The first kappa shape index (κ1) is 21.0. The van der Waals surface area contributed by atoms with Gasteiger partial charge in [0.2, 0.25) is 0 Å².